The molecule has 10 heteroatoms. The lowest BCUT2D eigenvalue weighted by atomic mass is 9.93. The van der Waals surface area contributed by atoms with Gasteiger partial charge in [-0.2, -0.15) is 10.5 Å². The summed E-state index contributed by atoms with van der Waals surface area (Å²) in [6.07, 6.45) is 0. The van der Waals surface area contributed by atoms with E-state index in [9.17, 15) is 10.5 Å². The van der Waals surface area contributed by atoms with Gasteiger partial charge in [-0.05, 0) is 104 Å². The lowest BCUT2D eigenvalue weighted by Gasteiger charge is -2.25. The van der Waals surface area contributed by atoms with Gasteiger partial charge < -0.3 is 9.13 Å². The van der Waals surface area contributed by atoms with Crippen LogP contribution in [0.4, 0.5) is 4.39 Å². The van der Waals surface area contributed by atoms with E-state index >= 15 is 4.39 Å². The predicted molar refractivity (Wildman–Crippen MR) is 259 cm³/mol. The van der Waals surface area contributed by atoms with E-state index in [0.29, 0.717) is 44.8 Å². The number of benzene rings is 6. The largest absolute Gasteiger partial charge is 0.306 e. The molecule has 0 amide bonds. The molecule has 0 N–H and O–H groups in total. The fraction of sp³-hybridized carbons (Fsp3) is 0.0182. The fourth-order valence-electron chi connectivity index (χ4n) is 9.79. The van der Waals surface area contributed by atoms with Gasteiger partial charge in [-0.3, -0.25) is 0 Å². The second kappa shape index (κ2) is 13.8. The minimum atomic E-state index is -0.326. The Balaban J connectivity index is 1.35. The molecule has 65 heavy (non-hydrogen) atoms. The van der Waals surface area contributed by atoms with Crippen LogP contribution < -0.4 is 0 Å². The third kappa shape index (κ3) is 5.39. The van der Waals surface area contributed by atoms with Gasteiger partial charge in [0.1, 0.15) is 29.3 Å². The maximum absolute atomic E-state index is 15.5. The van der Waals surface area contributed by atoms with Crippen molar-refractivity contribution in [2.24, 2.45) is 0 Å². The van der Waals surface area contributed by atoms with Gasteiger partial charge in [0.05, 0.1) is 66.9 Å². The summed E-state index contributed by atoms with van der Waals surface area (Å²) < 4.78 is 22.3. The number of para-hydroxylation sites is 2. The van der Waals surface area contributed by atoms with Crippen molar-refractivity contribution in [2.45, 2.75) is 6.92 Å². The molecular formula is C55H29FN8S. The molecule has 0 fully saturated rings. The highest BCUT2D eigenvalue weighted by molar-refractivity contribution is 7.26. The first-order valence-corrected chi connectivity index (χ1v) is 21.8. The van der Waals surface area contributed by atoms with Crippen LogP contribution in [0.25, 0.3) is 120 Å². The molecule has 302 valence electrons. The topological polar surface area (TPSA) is 109 Å². The maximum atomic E-state index is 15.5. The van der Waals surface area contributed by atoms with Crippen molar-refractivity contribution in [1.82, 2.24) is 29.1 Å². The first-order chi connectivity index (χ1) is 31.9. The van der Waals surface area contributed by atoms with Gasteiger partial charge in [0.25, 0.3) is 0 Å². The summed E-state index contributed by atoms with van der Waals surface area (Å²) in [7, 11) is 0. The molecule has 7 aromatic heterocycles. The predicted octanol–water partition coefficient (Wildman–Crippen LogP) is 13.7. The van der Waals surface area contributed by atoms with E-state index < -0.39 is 0 Å². The minimum absolute atomic E-state index is 0.312. The number of aryl methyl sites for hydroxylation is 1. The van der Waals surface area contributed by atoms with Crippen LogP contribution in [0.15, 0.2) is 158 Å². The Labute approximate surface area is 373 Å². The number of fused-ring (bicyclic) bond motifs is 11. The summed E-state index contributed by atoms with van der Waals surface area (Å²) in [5.41, 5.74) is 12.8. The Morgan fingerprint density at radius 2 is 0.969 bits per heavy atom. The Hall–Kier alpha value is -8.83. The molecule has 13 aromatic rings. The van der Waals surface area contributed by atoms with Gasteiger partial charge in [-0.15, -0.1) is 11.3 Å². The van der Waals surface area contributed by atoms with Crippen LogP contribution in [-0.4, -0.2) is 29.1 Å². The van der Waals surface area contributed by atoms with E-state index in [1.807, 2.05) is 54.6 Å². The maximum Gasteiger partial charge on any atom is 0.141 e. The zero-order valence-corrected chi connectivity index (χ0v) is 35.2. The van der Waals surface area contributed by atoms with Gasteiger partial charge >= 0.3 is 0 Å². The Bertz CT molecular complexity index is 4320. The van der Waals surface area contributed by atoms with E-state index in [0.717, 1.165) is 91.8 Å². The molecule has 7 heterocycles. The van der Waals surface area contributed by atoms with Gasteiger partial charge in [0.2, 0.25) is 0 Å². The average molecular weight is 853 g/mol. The average Bonchev–Trinajstić information content (AvgIpc) is 4.00. The monoisotopic (exact) mass is 852 g/mol. The zero-order valence-electron chi connectivity index (χ0n) is 34.4. The first kappa shape index (κ1) is 36.8. The summed E-state index contributed by atoms with van der Waals surface area (Å²) in [6.45, 7) is 2.12. The summed E-state index contributed by atoms with van der Waals surface area (Å²) in [5.74, 6) is -0.326. The van der Waals surface area contributed by atoms with Crippen LogP contribution in [0.3, 0.4) is 0 Å². The first-order valence-electron chi connectivity index (χ1n) is 21.0. The third-order valence-electron chi connectivity index (χ3n) is 12.5. The quantitative estimate of drug-likeness (QED) is 0.174. The molecule has 13 rings (SSSR count). The Kier molecular flexibility index (Phi) is 7.83. The number of hydrogen-bond acceptors (Lipinski definition) is 7. The number of halogens is 1. The summed E-state index contributed by atoms with van der Waals surface area (Å²) in [4.78, 5) is 20.1. The molecular weight excluding hydrogens is 824 g/mol. The van der Waals surface area contributed by atoms with E-state index in [4.69, 9.17) is 9.97 Å². The van der Waals surface area contributed by atoms with E-state index in [2.05, 4.69) is 117 Å². The number of nitrogens with zero attached hydrogens (tertiary/aromatic N) is 8. The van der Waals surface area contributed by atoms with Crippen molar-refractivity contribution in [1.29, 1.82) is 10.5 Å². The lowest BCUT2D eigenvalue weighted by molar-refractivity contribution is 0.629. The number of pyridine rings is 4. The summed E-state index contributed by atoms with van der Waals surface area (Å²) in [6, 6.07) is 56.1. The Morgan fingerprint density at radius 3 is 1.60 bits per heavy atom. The van der Waals surface area contributed by atoms with Gasteiger partial charge in [-0.25, -0.2) is 24.3 Å². The summed E-state index contributed by atoms with van der Waals surface area (Å²) in [5, 5.41) is 25.4. The molecule has 0 aliphatic carbocycles. The van der Waals surface area contributed by atoms with Gasteiger partial charge in [-0.1, -0.05) is 66.2 Å². The normalized spacial score (nSPS) is 11.8. The Morgan fingerprint density at radius 1 is 0.477 bits per heavy atom. The van der Waals surface area contributed by atoms with Crippen LogP contribution in [0, 0.1) is 35.4 Å². The molecule has 0 spiro atoms. The van der Waals surface area contributed by atoms with Crippen LogP contribution in [-0.2, 0) is 0 Å². The highest BCUT2D eigenvalue weighted by Gasteiger charge is 2.32. The molecule has 0 saturated heterocycles. The molecule has 6 aromatic carbocycles. The molecule has 0 aliphatic heterocycles. The van der Waals surface area contributed by atoms with Crippen LogP contribution in [0.2, 0.25) is 0 Å². The van der Waals surface area contributed by atoms with Crippen molar-refractivity contribution in [2.75, 3.05) is 0 Å². The van der Waals surface area contributed by atoms with Crippen molar-refractivity contribution >= 4 is 97.2 Å². The van der Waals surface area contributed by atoms with Crippen molar-refractivity contribution < 1.29 is 4.39 Å². The van der Waals surface area contributed by atoms with E-state index in [1.54, 1.807) is 29.5 Å². The minimum Gasteiger partial charge on any atom is -0.306 e. The van der Waals surface area contributed by atoms with Crippen molar-refractivity contribution in [3.8, 4) is 46.0 Å². The smallest absolute Gasteiger partial charge is 0.141 e. The number of rotatable bonds is 4. The molecule has 0 atom stereocenters. The second-order valence-electron chi connectivity index (χ2n) is 16.2. The summed E-state index contributed by atoms with van der Waals surface area (Å²) >= 11 is 1.70. The number of thiophene rings is 1. The van der Waals surface area contributed by atoms with E-state index in [1.165, 1.54) is 6.07 Å². The third-order valence-corrected chi connectivity index (χ3v) is 13.7. The second-order valence-corrected chi connectivity index (χ2v) is 17.3. The fourth-order valence-corrected chi connectivity index (χ4v) is 11.1. The standard InChI is InChI=1S/C55H29FN8S/c1-30-14-24-47-37(26-30)34-8-2-5-11-45(34)64(47)54-52(44-23-21-40-42(62-44)19-17-33(29-58)60-40)55-50(36-10-4-7-13-49(36)65-55)51(43-22-20-39-41(61-43)18-16-32(28-57)59-39)53(54)63-46-12-6-3-9-35(46)38-27-31(56)15-25-48(38)63/h2-27H,1H3. The van der Waals surface area contributed by atoms with Crippen LogP contribution in [0.5, 0.6) is 0 Å². The SMILES string of the molecule is Cc1ccc2c(c1)c1ccccc1n2-c1c(-n2c3ccccc3c3cc(F)ccc32)c(-c2ccc3nc(C#N)ccc3n2)c2c(sc3ccccc32)c1-c1ccc2nc(C#N)ccc2n1. The zero-order chi connectivity index (χ0) is 43.5. The lowest BCUT2D eigenvalue weighted by Crippen LogP contribution is -2.09. The molecule has 8 nitrogen and oxygen atoms in total. The highest BCUT2D eigenvalue weighted by atomic mass is 32.1. The molecule has 0 unspecified atom stereocenters. The van der Waals surface area contributed by atoms with Crippen molar-refractivity contribution in [3.63, 3.8) is 0 Å². The number of hydrogen-bond donors (Lipinski definition) is 0. The van der Waals surface area contributed by atoms with E-state index in [-0.39, 0.29) is 5.82 Å². The molecule has 0 bridgehead atoms. The van der Waals surface area contributed by atoms with Crippen molar-refractivity contribution in [3.05, 3.63) is 180 Å². The van der Waals surface area contributed by atoms with Gasteiger partial charge in [0, 0.05) is 52.8 Å². The molecule has 0 aliphatic rings. The van der Waals surface area contributed by atoms with Crippen LogP contribution in [0.1, 0.15) is 17.0 Å². The van der Waals surface area contributed by atoms with Crippen LogP contribution >= 0.6 is 11.3 Å². The molecule has 0 saturated carbocycles. The molecule has 0 radical (unpaired) electrons. The number of aromatic nitrogens is 6. The highest BCUT2D eigenvalue weighted by Crippen LogP contribution is 2.54. The van der Waals surface area contributed by atoms with Gasteiger partial charge in [0.15, 0.2) is 0 Å². The number of nitriles is 2.